The Morgan fingerprint density at radius 2 is 2.47 bits per heavy atom. The molecule has 0 unspecified atom stereocenters. The summed E-state index contributed by atoms with van der Waals surface area (Å²) in [6.45, 7) is 1.36. The largest absolute Gasteiger partial charge is 0.460 e. The monoisotopic (exact) mass is 207 g/mol. The minimum Gasteiger partial charge on any atom is -0.460 e. The number of hydrogen-bond donors (Lipinski definition) is 1. The predicted molar refractivity (Wildman–Crippen MR) is 58.4 cm³/mol. The van der Waals surface area contributed by atoms with Gasteiger partial charge in [0.1, 0.15) is 12.6 Å². The van der Waals surface area contributed by atoms with Crippen molar-refractivity contribution >= 4 is 5.97 Å². The van der Waals surface area contributed by atoms with Crippen molar-refractivity contribution in [2.75, 3.05) is 13.2 Å². The van der Waals surface area contributed by atoms with E-state index in [1.807, 2.05) is 6.08 Å². The Kier molecular flexibility index (Phi) is 3.56. The smallest absolute Gasteiger partial charge is 0.323 e. The number of carbonyl (C=O) groups excluding carboxylic acids is 1. The first-order chi connectivity index (χ1) is 7.36. The molecule has 1 atom stereocenters. The number of esters is 1. The molecule has 1 fully saturated rings. The van der Waals surface area contributed by atoms with Crippen molar-refractivity contribution in [1.29, 1.82) is 0 Å². The molecule has 2 aliphatic rings. The lowest BCUT2D eigenvalue weighted by Gasteiger charge is -2.11. The first kappa shape index (κ1) is 10.4. The zero-order valence-electron chi connectivity index (χ0n) is 8.87. The fraction of sp³-hybridized carbons (Fsp3) is 0.583. The van der Waals surface area contributed by atoms with Crippen LogP contribution in [0.25, 0.3) is 0 Å². The SMILES string of the molecule is O=C(OCC1=CCCC=C1)[C@@H]1CCCN1. The van der Waals surface area contributed by atoms with Gasteiger partial charge in [-0.2, -0.15) is 0 Å². The summed E-state index contributed by atoms with van der Waals surface area (Å²) in [5, 5.41) is 3.13. The van der Waals surface area contributed by atoms with E-state index < -0.39 is 0 Å². The van der Waals surface area contributed by atoms with Gasteiger partial charge in [-0.1, -0.05) is 18.2 Å². The van der Waals surface area contributed by atoms with Crippen LogP contribution in [0.4, 0.5) is 0 Å². The Bertz CT molecular complexity index is 288. The second-order valence-corrected chi connectivity index (χ2v) is 4.02. The van der Waals surface area contributed by atoms with Gasteiger partial charge in [0.15, 0.2) is 0 Å². The molecule has 0 aromatic heterocycles. The van der Waals surface area contributed by atoms with Crippen LogP contribution in [0, 0.1) is 0 Å². The lowest BCUT2D eigenvalue weighted by molar-refractivity contribution is -0.144. The molecule has 0 saturated carbocycles. The Morgan fingerprint density at radius 1 is 1.53 bits per heavy atom. The Hall–Kier alpha value is -1.09. The lowest BCUT2D eigenvalue weighted by Crippen LogP contribution is -2.32. The fourth-order valence-corrected chi connectivity index (χ4v) is 1.92. The van der Waals surface area contributed by atoms with Gasteiger partial charge in [0.05, 0.1) is 0 Å². The average Bonchev–Trinajstić information content (AvgIpc) is 2.81. The van der Waals surface area contributed by atoms with E-state index >= 15 is 0 Å². The zero-order valence-corrected chi connectivity index (χ0v) is 8.87. The van der Waals surface area contributed by atoms with Crippen molar-refractivity contribution in [3.05, 3.63) is 23.8 Å². The van der Waals surface area contributed by atoms with E-state index in [4.69, 9.17) is 4.74 Å². The van der Waals surface area contributed by atoms with E-state index in [1.165, 1.54) is 0 Å². The Balaban J connectivity index is 1.75. The number of carbonyl (C=O) groups is 1. The molecule has 82 valence electrons. The molecule has 1 aliphatic carbocycles. The maximum Gasteiger partial charge on any atom is 0.323 e. The van der Waals surface area contributed by atoms with Gasteiger partial charge in [-0.15, -0.1) is 0 Å². The van der Waals surface area contributed by atoms with Gasteiger partial charge in [-0.05, 0) is 37.8 Å². The number of hydrogen-bond acceptors (Lipinski definition) is 3. The number of nitrogens with one attached hydrogen (secondary N) is 1. The van der Waals surface area contributed by atoms with Gasteiger partial charge in [0.2, 0.25) is 0 Å². The number of rotatable bonds is 3. The highest BCUT2D eigenvalue weighted by Gasteiger charge is 2.23. The summed E-state index contributed by atoms with van der Waals surface area (Å²) >= 11 is 0. The summed E-state index contributed by atoms with van der Waals surface area (Å²) in [6, 6.07) is -0.0711. The molecule has 1 N–H and O–H groups in total. The summed E-state index contributed by atoms with van der Waals surface area (Å²) in [5.74, 6) is -0.104. The van der Waals surface area contributed by atoms with Gasteiger partial charge in [-0.25, -0.2) is 0 Å². The topological polar surface area (TPSA) is 38.3 Å². The maximum absolute atomic E-state index is 11.6. The molecule has 0 aromatic carbocycles. The highest BCUT2D eigenvalue weighted by molar-refractivity contribution is 5.76. The third-order valence-corrected chi connectivity index (χ3v) is 2.80. The van der Waals surface area contributed by atoms with Gasteiger partial charge in [0, 0.05) is 0 Å². The molecule has 1 aliphatic heterocycles. The molecule has 3 nitrogen and oxygen atoms in total. The summed E-state index contributed by atoms with van der Waals surface area (Å²) in [6.07, 6.45) is 10.4. The summed E-state index contributed by atoms with van der Waals surface area (Å²) in [7, 11) is 0. The predicted octanol–water partition coefficient (Wildman–Crippen LogP) is 1.56. The van der Waals surface area contributed by atoms with Crippen LogP contribution in [-0.2, 0) is 9.53 Å². The molecule has 0 amide bonds. The van der Waals surface area contributed by atoms with Crippen LogP contribution in [0.2, 0.25) is 0 Å². The van der Waals surface area contributed by atoms with Crippen LogP contribution in [0.5, 0.6) is 0 Å². The second kappa shape index (κ2) is 5.12. The zero-order chi connectivity index (χ0) is 10.5. The molecule has 0 radical (unpaired) electrons. The molecule has 2 rings (SSSR count). The normalized spacial score (nSPS) is 25.1. The van der Waals surface area contributed by atoms with Crippen molar-refractivity contribution in [3.8, 4) is 0 Å². The molecule has 0 spiro atoms. The van der Waals surface area contributed by atoms with E-state index in [-0.39, 0.29) is 12.0 Å². The van der Waals surface area contributed by atoms with Crippen LogP contribution in [-0.4, -0.2) is 25.2 Å². The van der Waals surface area contributed by atoms with E-state index in [1.54, 1.807) is 0 Å². The third-order valence-electron chi connectivity index (χ3n) is 2.80. The minimum absolute atomic E-state index is 0.0711. The molecular formula is C12H17NO2. The van der Waals surface area contributed by atoms with Crippen LogP contribution in [0.15, 0.2) is 23.8 Å². The van der Waals surface area contributed by atoms with Gasteiger partial charge in [-0.3, -0.25) is 4.79 Å². The van der Waals surface area contributed by atoms with Crippen LogP contribution in [0.3, 0.4) is 0 Å². The van der Waals surface area contributed by atoms with Crippen molar-refractivity contribution in [3.63, 3.8) is 0 Å². The van der Waals surface area contributed by atoms with Crippen molar-refractivity contribution in [2.24, 2.45) is 0 Å². The van der Waals surface area contributed by atoms with Gasteiger partial charge < -0.3 is 10.1 Å². The Labute approximate surface area is 90.2 Å². The van der Waals surface area contributed by atoms with Crippen LogP contribution in [0.1, 0.15) is 25.7 Å². The first-order valence-electron chi connectivity index (χ1n) is 5.62. The maximum atomic E-state index is 11.6. The Morgan fingerprint density at radius 3 is 3.13 bits per heavy atom. The van der Waals surface area contributed by atoms with E-state index in [0.29, 0.717) is 6.61 Å². The molecule has 0 bridgehead atoms. The summed E-state index contributed by atoms with van der Waals surface area (Å²) in [4.78, 5) is 11.6. The molecule has 1 heterocycles. The minimum atomic E-state index is -0.104. The lowest BCUT2D eigenvalue weighted by atomic mass is 10.1. The van der Waals surface area contributed by atoms with Crippen molar-refractivity contribution in [1.82, 2.24) is 5.32 Å². The highest BCUT2D eigenvalue weighted by Crippen LogP contribution is 2.11. The van der Waals surface area contributed by atoms with Gasteiger partial charge in [0.25, 0.3) is 0 Å². The molecule has 1 saturated heterocycles. The summed E-state index contributed by atoms with van der Waals surface area (Å²) in [5.41, 5.74) is 1.12. The molecular weight excluding hydrogens is 190 g/mol. The highest BCUT2D eigenvalue weighted by atomic mass is 16.5. The van der Waals surface area contributed by atoms with Crippen molar-refractivity contribution in [2.45, 2.75) is 31.7 Å². The summed E-state index contributed by atoms with van der Waals surface area (Å²) < 4.78 is 5.24. The van der Waals surface area contributed by atoms with Gasteiger partial charge >= 0.3 is 5.97 Å². The second-order valence-electron chi connectivity index (χ2n) is 4.02. The van der Waals surface area contributed by atoms with Crippen molar-refractivity contribution < 1.29 is 9.53 Å². The first-order valence-corrected chi connectivity index (χ1v) is 5.62. The average molecular weight is 207 g/mol. The quantitative estimate of drug-likeness (QED) is 0.714. The van der Waals surface area contributed by atoms with E-state index in [2.05, 4.69) is 17.5 Å². The standard InChI is InChI=1S/C12H17NO2/c14-12(11-7-4-8-13-11)15-9-10-5-2-1-3-6-10/h2,5-6,11,13H,1,3-4,7-9H2/t11-/m0/s1. The number of ether oxygens (including phenoxy) is 1. The molecule has 3 heteroatoms. The number of allylic oxidation sites excluding steroid dienone is 2. The third kappa shape index (κ3) is 2.93. The fourth-order valence-electron chi connectivity index (χ4n) is 1.92. The van der Waals surface area contributed by atoms with E-state index in [0.717, 1.165) is 37.8 Å². The molecule has 15 heavy (non-hydrogen) atoms. The molecule has 0 aromatic rings. The van der Waals surface area contributed by atoms with Crippen LogP contribution < -0.4 is 5.32 Å². The van der Waals surface area contributed by atoms with Crippen LogP contribution >= 0.6 is 0 Å². The van der Waals surface area contributed by atoms with E-state index in [9.17, 15) is 4.79 Å².